The number of sulfonamides is 1. The zero-order chi connectivity index (χ0) is 13.6. The second-order valence-corrected chi connectivity index (χ2v) is 5.56. The van der Waals surface area contributed by atoms with Crippen LogP contribution >= 0.6 is 0 Å². The molecule has 0 aliphatic carbocycles. The van der Waals surface area contributed by atoms with E-state index >= 15 is 0 Å². The Morgan fingerprint density at radius 1 is 1.33 bits per heavy atom. The van der Waals surface area contributed by atoms with Crippen LogP contribution in [-0.2, 0) is 14.8 Å². The van der Waals surface area contributed by atoms with Crippen molar-refractivity contribution >= 4 is 10.0 Å². The van der Waals surface area contributed by atoms with Crippen LogP contribution in [0.25, 0.3) is 0 Å². The van der Waals surface area contributed by atoms with Gasteiger partial charge in [-0.25, -0.2) is 8.42 Å². The summed E-state index contributed by atoms with van der Waals surface area (Å²) in [5, 5.41) is 18.2. The number of hydrogen-bond donors (Lipinski definition) is 2. The molecule has 0 aromatic heterocycles. The monoisotopic (exact) mass is 275 g/mol. The Morgan fingerprint density at radius 2 is 2.06 bits per heavy atom. The molecule has 1 rings (SSSR count). The van der Waals surface area contributed by atoms with Gasteiger partial charge < -0.3 is 14.9 Å². The fraction of sp³-hybridized carbons (Fsp3) is 0.455. The quantitative estimate of drug-likeness (QED) is 0.732. The Kier molecular flexibility index (Phi) is 5.54. The van der Waals surface area contributed by atoms with Crippen LogP contribution < -0.4 is 0 Å². The number of phenols is 1. The summed E-state index contributed by atoms with van der Waals surface area (Å²) in [6.07, 6.45) is 0. The van der Waals surface area contributed by atoms with Crippen molar-refractivity contribution in [3.63, 3.8) is 0 Å². The van der Waals surface area contributed by atoms with Crippen LogP contribution in [0.2, 0.25) is 0 Å². The maximum absolute atomic E-state index is 12.2. The number of aromatic hydroxyl groups is 1. The number of ether oxygens (including phenoxy) is 1. The highest BCUT2D eigenvalue weighted by molar-refractivity contribution is 7.89. The molecule has 0 spiro atoms. The smallest absolute Gasteiger partial charge is 0.243 e. The molecule has 0 unspecified atom stereocenters. The summed E-state index contributed by atoms with van der Waals surface area (Å²) in [6.45, 7) is 0.0935. The predicted molar refractivity (Wildman–Crippen MR) is 65.8 cm³/mol. The fourth-order valence-corrected chi connectivity index (χ4v) is 2.91. The SMILES string of the molecule is COCCN(CCO)S(=O)(=O)c1cccc(O)c1. The third kappa shape index (κ3) is 3.67. The van der Waals surface area contributed by atoms with Crippen molar-refractivity contribution in [3.8, 4) is 5.75 Å². The number of nitrogens with zero attached hydrogens (tertiary/aromatic N) is 1. The van der Waals surface area contributed by atoms with Gasteiger partial charge in [-0.3, -0.25) is 0 Å². The van der Waals surface area contributed by atoms with Gasteiger partial charge in [0.2, 0.25) is 10.0 Å². The molecule has 0 aliphatic rings. The topological polar surface area (TPSA) is 87.1 Å². The molecule has 0 atom stereocenters. The summed E-state index contributed by atoms with van der Waals surface area (Å²) in [6, 6.07) is 5.42. The van der Waals surface area contributed by atoms with Crippen LogP contribution in [0.5, 0.6) is 5.75 Å². The lowest BCUT2D eigenvalue weighted by Gasteiger charge is -2.20. The highest BCUT2D eigenvalue weighted by atomic mass is 32.2. The maximum Gasteiger partial charge on any atom is 0.243 e. The molecule has 0 radical (unpaired) electrons. The summed E-state index contributed by atoms with van der Waals surface area (Å²) in [5.41, 5.74) is 0. The first kappa shape index (κ1) is 14.9. The van der Waals surface area contributed by atoms with Gasteiger partial charge in [0.1, 0.15) is 5.75 Å². The number of phenolic OH excluding ortho intramolecular Hbond substituents is 1. The third-order valence-electron chi connectivity index (χ3n) is 2.35. The Hall–Kier alpha value is -1.15. The molecule has 0 saturated carbocycles. The summed E-state index contributed by atoms with van der Waals surface area (Å²) in [7, 11) is -2.25. The molecule has 0 aliphatic heterocycles. The molecule has 1 aromatic carbocycles. The largest absolute Gasteiger partial charge is 0.508 e. The van der Waals surface area contributed by atoms with Crippen molar-refractivity contribution in [2.24, 2.45) is 0 Å². The maximum atomic E-state index is 12.2. The second kappa shape index (κ2) is 6.69. The van der Waals surface area contributed by atoms with Crippen LogP contribution in [0.4, 0.5) is 0 Å². The molecule has 7 heteroatoms. The zero-order valence-electron chi connectivity index (χ0n) is 10.1. The van der Waals surface area contributed by atoms with Gasteiger partial charge in [0.05, 0.1) is 18.1 Å². The molecule has 1 aromatic rings. The van der Waals surface area contributed by atoms with Crippen LogP contribution in [0.15, 0.2) is 29.2 Å². The zero-order valence-corrected chi connectivity index (χ0v) is 10.9. The second-order valence-electron chi connectivity index (χ2n) is 3.62. The van der Waals surface area contributed by atoms with Crippen LogP contribution in [0.3, 0.4) is 0 Å². The van der Waals surface area contributed by atoms with Gasteiger partial charge >= 0.3 is 0 Å². The predicted octanol–water partition coefficient (Wildman–Crippen LogP) is 0.0216. The first-order chi connectivity index (χ1) is 8.52. The Labute approximate surface area is 106 Å². The van der Waals surface area contributed by atoms with Crippen molar-refractivity contribution < 1.29 is 23.4 Å². The molecule has 0 fully saturated rings. The first-order valence-electron chi connectivity index (χ1n) is 5.41. The molecule has 0 amide bonds. The number of hydrogen-bond acceptors (Lipinski definition) is 5. The van der Waals surface area contributed by atoms with E-state index in [1.54, 1.807) is 0 Å². The number of aliphatic hydroxyl groups excluding tert-OH is 1. The van der Waals surface area contributed by atoms with Gasteiger partial charge in [-0.1, -0.05) is 6.07 Å². The fourth-order valence-electron chi connectivity index (χ4n) is 1.45. The Morgan fingerprint density at radius 3 is 2.61 bits per heavy atom. The van der Waals surface area contributed by atoms with Crippen molar-refractivity contribution in [2.45, 2.75) is 4.90 Å². The van der Waals surface area contributed by atoms with Gasteiger partial charge in [0, 0.05) is 20.2 Å². The van der Waals surface area contributed by atoms with Gasteiger partial charge in [0.25, 0.3) is 0 Å². The lowest BCUT2D eigenvalue weighted by Crippen LogP contribution is -2.36. The molecule has 18 heavy (non-hydrogen) atoms. The standard InChI is InChI=1S/C11H17NO5S/c1-17-8-6-12(5-7-13)18(15,16)11-4-2-3-10(14)9-11/h2-4,9,13-14H,5-8H2,1H3. The first-order valence-corrected chi connectivity index (χ1v) is 6.85. The van der Waals surface area contributed by atoms with Crippen LogP contribution in [0, 0.1) is 0 Å². The molecular weight excluding hydrogens is 258 g/mol. The van der Waals surface area contributed by atoms with Gasteiger partial charge in [-0.05, 0) is 18.2 Å². The van der Waals surface area contributed by atoms with E-state index in [9.17, 15) is 13.5 Å². The molecule has 2 N–H and O–H groups in total. The number of rotatable bonds is 7. The van der Waals surface area contributed by atoms with E-state index in [-0.39, 0.29) is 36.9 Å². The molecule has 6 nitrogen and oxygen atoms in total. The normalized spacial score (nSPS) is 11.9. The summed E-state index contributed by atoms with van der Waals surface area (Å²) in [5.74, 6) is -0.119. The minimum Gasteiger partial charge on any atom is -0.508 e. The summed E-state index contributed by atoms with van der Waals surface area (Å²) >= 11 is 0. The van der Waals surface area contributed by atoms with Crippen molar-refractivity contribution in [1.82, 2.24) is 4.31 Å². The third-order valence-corrected chi connectivity index (χ3v) is 4.24. The molecule has 0 saturated heterocycles. The Bertz CT molecular complexity index is 474. The molecule has 102 valence electrons. The van der Waals surface area contributed by atoms with E-state index in [1.165, 1.54) is 31.4 Å². The average Bonchev–Trinajstić information content (AvgIpc) is 2.34. The van der Waals surface area contributed by atoms with Crippen molar-refractivity contribution in [3.05, 3.63) is 24.3 Å². The lowest BCUT2D eigenvalue weighted by molar-refractivity contribution is 0.168. The van der Waals surface area contributed by atoms with Crippen molar-refractivity contribution in [1.29, 1.82) is 0 Å². The highest BCUT2D eigenvalue weighted by Crippen LogP contribution is 2.19. The Balaban J connectivity index is 3.00. The van der Waals surface area contributed by atoms with E-state index in [0.717, 1.165) is 4.31 Å². The van der Waals surface area contributed by atoms with E-state index < -0.39 is 10.0 Å². The highest BCUT2D eigenvalue weighted by Gasteiger charge is 2.23. The van der Waals surface area contributed by atoms with Gasteiger partial charge in [0.15, 0.2) is 0 Å². The van der Waals surface area contributed by atoms with E-state index in [4.69, 9.17) is 9.84 Å². The number of aliphatic hydroxyl groups is 1. The molecule has 0 bridgehead atoms. The van der Waals surface area contributed by atoms with Crippen molar-refractivity contribution in [2.75, 3.05) is 33.4 Å². The number of benzene rings is 1. The number of methoxy groups -OCH3 is 1. The van der Waals surface area contributed by atoms with E-state index in [0.29, 0.717) is 0 Å². The van der Waals surface area contributed by atoms with Gasteiger partial charge in [-0.15, -0.1) is 0 Å². The van der Waals surface area contributed by atoms with E-state index in [1.807, 2.05) is 0 Å². The average molecular weight is 275 g/mol. The van der Waals surface area contributed by atoms with Crippen LogP contribution in [0.1, 0.15) is 0 Å². The van der Waals surface area contributed by atoms with Gasteiger partial charge in [-0.2, -0.15) is 4.31 Å². The summed E-state index contributed by atoms with van der Waals surface area (Å²) in [4.78, 5) is -0.00736. The summed E-state index contributed by atoms with van der Waals surface area (Å²) < 4.78 is 30.4. The molecular formula is C11H17NO5S. The minimum absolute atomic E-state index is 0.00736. The van der Waals surface area contributed by atoms with Crippen LogP contribution in [-0.4, -0.2) is 56.3 Å². The lowest BCUT2D eigenvalue weighted by atomic mass is 10.3. The molecule has 0 heterocycles. The van der Waals surface area contributed by atoms with E-state index in [2.05, 4.69) is 0 Å². The minimum atomic E-state index is -3.72.